The van der Waals surface area contributed by atoms with Gasteiger partial charge >= 0.3 is 0 Å². The lowest BCUT2D eigenvalue weighted by molar-refractivity contribution is 0.540. The Morgan fingerprint density at radius 1 is 1.42 bits per heavy atom. The molecule has 3 rings (SSSR count). The number of nitrogens with two attached hydrogens (primary N) is 1. The zero-order valence-electron chi connectivity index (χ0n) is 11.1. The summed E-state index contributed by atoms with van der Waals surface area (Å²) in [7, 11) is 0. The second-order valence-electron chi connectivity index (χ2n) is 5.11. The Morgan fingerprint density at radius 2 is 2.21 bits per heavy atom. The Balaban J connectivity index is 2.25. The molecule has 2 aromatic heterocycles. The molecular formula is C12H16N4OS2. The molecule has 0 bridgehead atoms. The molecule has 0 spiro atoms. The monoisotopic (exact) mass is 296 g/mol. The highest BCUT2D eigenvalue weighted by molar-refractivity contribution is 7.99. The third-order valence-corrected chi connectivity index (χ3v) is 5.11. The first-order chi connectivity index (χ1) is 9.04. The summed E-state index contributed by atoms with van der Waals surface area (Å²) in [4.78, 5) is 8.85. The van der Waals surface area contributed by atoms with Crippen molar-refractivity contribution in [2.24, 2.45) is 5.84 Å². The Labute approximate surface area is 120 Å². The topological polar surface area (TPSA) is 77.0 Å². The molecule has 0 saturated heterocycles. The van der Waals surface area contributed by atoms with Gasteiger partial charge in [0.05, 0.1) is 11.1 Å². The summed E-state index contributed by atoms with van der Waals surface area (Å²) in [6.07, 6.45) is 2.87. The number of anilines is 1. The summed E-state index contributed by atoms with van der Waals surface area (Å²) in [5, 5.41) is 1.60. The standard InChI is InChI=1S/C12H16N4OS2/c1-12(2)4-6-7(5-19-12)17-10-8(6)9(16-13)14-11(15-10)18-3/h4-5,13H2,1-3H3,(H,14,15,16). The van der Waals surface area contributed by atoms with Crippen molar-refractivity contribution >= 4 is 40.4 Å². The highest BCUT2D eigenvalue weighted by Gasteiger charge is 2.32. The summed E-state index contributed by atoms with van der Waals surface area (Å²) in [6, 6.07) is 0. The predicted molar refractivity (Wildman–Crippen MR) is 80.5 cm³/mol. The third kappa shape index (κ3) is 2.19. The van der Waals surface area contributed by atoms with Crippen LogP contribution in [-0.4, -0.2) is 21.0 Å². The Bertz CT molecular complexity index is 638. The van der Waals surface area contributed by atoms with Crippen LogP contribution in [0.4, 0.5) is 5.82 Å². The van der Waals surface area contributed by atoms with Crippen LogP contribution in [0.15, 0.2) is 9.57 Å². The number of hydrogen-bond donors (Lipinski definition) is 2. The fourth-order valence-corrected chi connectivity index (χ4v) is 3.68. The number of aromatic nitrogens is 2. The van der Waals surface area contributed by atoms with Gasteiger partial charge in [0.1, 0.15) is 5.76 Å². The first-order valence-corrected chi connectivity index (χ1v) is 8.22. The van der Waals surface area contributed by atoms with E-state index in [1.807, 2.05) is 18.0 Å². The maximum absolute atomic E-state index is 5.89. The van der Waals surface area contributed by atoms with E-state index in [0.29, 0.717) is 16.7 Å². The first-order valence-electron chi connectivity index (χ1n) is 6.01. The van der Waals surface area contributed by atoms with E-state index in [1.165, 1.54) is 17.3 Å². The summed E-state index contributed by atoms with van der Waals surface area (Å²) in [5.74, 6) is 8.13. The van der Waals surface area contributed by atoms with Gasteiger partial charge in [-0.1, -0.05) is 25.6 Å². The molecule has 0 saturated carbocycles. The molecule has 1 aliphatic rings. The van der Waals surface area contributed by atoms with Crippen molar-refractivity contribution in [1.82, 2.24) is 9.97 Å². The molecule has 19 heavy (non-hydrogen) atoms. The Kier molecular flexibility index (Phi) is 3.15. The Hall–Kier alpha value is -0.920. The number of rotatable bonds is 2. The number of thioether (sulfide) groups is 2. The van der Waals surface area contributed by atoms with Crippen LogP contribution in [0.2, 0.25) is 0 Å². The Morgan fingerprint density at radius 3 is 2.89 bits per heavy atom. The first kappa shape index (κ1) is 13.1. The molecule has 102 valence electrons. The lowest BCUT2D eigenvalue weighted by Gasteiger charge is -2.28. The van der Waals surface area contributed by atoms with Gasteiger partial charge in [-0.2, -0.15) is 4.98 Å². The minimum absolute atomic E-state index is 0.202. The molecule has 0 aliphatic carbocycles. The van der Waals surface area contributed by atoms with Crippen LogP contribution in [0.25, 0.3) is 11.1 Å². The van der Waals surface area contributed by atoms with Gasteiger partial charge in [-0.05, 0) is 12.7 Å². The SMILES string of the molecule is CSc1nc(NN)c2c3c(oc2n1)CSC(C)(C)C3. The van der Waals surface area contributed by atoms with Crippen LogP contribution >= 0.6 is 23.5 Å². The maximum atomic E-state index is 5.89. The molecule has 0 amide bonds. The minimum Gasteiger partial charge on any atom is -0.441 e. The molecule has 7 heteroatoms. The molecule has 5 nitrogen and oxygen atoms in total. The molecule has 3 N–H and O–H groups in total. The number of nitrogens with zero attached hydrogens (tertiary/aromatic N) is 2. The van der Waals surface area contributed by atoms with E-state index in [-0.39, 0.29) is 4.75 Å². The molecule has 2 aromatic rings. The van der Waals surface area contributed by atoms with Crippen molar-refractivity contribution < 1.29 is 4.42 Å². The predicted octanol–water partition coefficient (Wildman–Crippen LogP) is 2.80. The number of hydrogen-bond acceptors (Lipinski definition) is 7. The van der Waals surface area contributed by atoms with Crippen LogP contribution < -0.4 is 11.3 Å². The lowest BCUT2D eigenvalue weighted by atomic mass is 9.99. The van der Waals surface area contributed by atoms with E-state index in [9.17, 15) is 0 Å². The minimum atomic E-state index is 0.202. The van der Waals surface area contributed by atoms with Crippen molar-refractivity contribution in [2.45, 2.75) is 35.9 Å². The lowest BCUT2D eigenvalue weighted by Crippen LogP contribution is -2.23. The second kappa shape index (κ2) is 4.57. The largest absolute Gasteiger partial charge is 0.441 e. The van der Waals surface area contributed by atoms with Crippen LogP contribution in [0.1, 0.15) is 25.2 Å². The van der Waals surface area contributed by atoms with Crippen molar-refractivity contribution in [3.8, 4) is 0 Å². The van der Waals surface area contributed by atoms with Crippen molar-refractivity contribution in [2.75, 3.05) is 11.7 Å². The van der Waals surface area contributed by atoms with Gasteiger partial charge in [0.2, 0.25) is 5.71 Å². The van der Waals surface area contributed by atoms with Gasteiger partial charge in [-0.3, -0.25) is 0 Å². The molecule has 3 heterocycles. The van der Waals surface area contributed by atoms with Gasteiger partial charge in [0, 0.05) is 10.3 Å². The fraction of sp³-hybridized carbons (Fsp3) is 0.500. The van der Waals surface area contributed by atoms with Crippen molar-refractivity contribution in [3.05, 3.63) is 11.3 Å². The van der Waals surface area contributed by atoms with Crippen LogP contribution in [0.5, 0.6) is 0 Å². The molecule has 1 aliphatic heterocycles. The second-order valence-corrected chi connectivity index (χ2v) is 7.57. The van der Waals surface area contributed by atoms with Crippen LogP contribution in [0, 0.1) is 0 Å². The smallest absolute Gasteiger partial charge is 0.232 e. The number of hydrazine groups is 1. The van der Waals surface area contributed by atoms with Crippen molar-refractivity contribution in [3.63, 3.8) is 0 Å². The average molecular weight is 296 g/mol. The molecular weight excluding hydrogens is 280 g/mol. The number of furan rings is 1. The zero-order chi connectivity index (χ0) is 13.6. The zero-order valence-corrected chi connectivity index (χ0v) is 12.7. The molecule has 0 unspecified atom stereocenters. The number of nitrogen functional groups attached to an aromatic ring is 1. The van der Waals surface area contributed by atoms with Crippen LogP contribution in [-0.2, 0) is 12.2 Å². The quantitative estimate of drug-likeness (QED) is 0.382. The highest BCUT2D eigenvalue weighted by Crippen LogP contribution is 2.43. The van der Waals surface area contributed by atoms with Gasteiger partial charge < -0.3 is 9.84 Å². The number of fused-ring (bicyclic) bond motifs is 3. The van der Waals surface area contributed by atoms with E-state index in [4.69, 9.17) is 10.3 Å². The third-order valence-electron chi connectivity index (χ3n) is 3.23. The van der Waals surface area contributed by atoms with E-state index in [1.54, 1.807) is 0 Å². The molecule has 0 aromatic carbocycles. The average Bonchev–Trinajstić information content (AvgIpc) is 2.74. The summed E-state index contributed by atoms with van der Waals surface area (Å²) >= 11 is 3.38. The highest BCUT2D eigenvalue weighted by atomic mass is 32.2. The van der Waals surface area contributed by atoms with Crippen molar-refractivity contribution in [1.29, 1.82) is 0 Å². The van der Waals surface area contributed by atoms with Gasteiger partial charge in [-0.15, -0.1) is 11.8 Å². The summed E-state index contributed by atoms with van der Waals surface area (Å²) in [6.45, 7) is 4.48. The van der Waals surface area contributed by atoms with Gasteiger partial charge in [-0.25, -0.2) is 10.8 Å². The number of nitrogens with one attached hydrogen (secondary N) is 1. The normalized spacial score (nSPS) is 17.5. The molecule has 0 fully saturated rings. The summed E-state index contributed by atoms with van der Waals surface area (Å²) in [5.41, 5.74) is 4.51. The van der Waals surface area contributed by atoms with Gasteiger partial charge in [0.25, 0.3) is 0 Å². The molecule has 0 atom stereocenters. The van der Waals surface area contributed by atoms with E-state index in [2.05, 4.69) is 29.2 Å². The van der Waals surface area contributed by atoms with Gasteiger partial charge in [0.15, 0.2) is 11.0 Å². The van der Waals surface area contributed by atoms with Crippen LogP contribution in [0.3, 0.4) is 0 Å². The van der Waals surface area contributed by atoms with E-state index >= 15 is 0 Å². The molecule has 0 radical (unpaired) electrons. The van der Waals surface area contributed by atoms with E-state index in [0.717, 1.165) is 23.3 Å². The maximum Gasteiger partial charge on any atom is 0.232 e. The summed E-state index contributed by atoms with van der Waals surface area (Å²) < 4.78 is 6.09. The van der Waals surface area contributed by atoms with E-state index < -0.39 is 0 Å². The fourth-order valence-electron chi connectivity index (χ4n) is 2.32.